The van der Waals surface area contributed by atoms with Crippen LogP contribution in [-0.2, 0) is 0 Å². The molecule has 2 aliphatic rings. The van der Waals surface area contributed by atoms with Crippen molar-refractivity contribution in [1.82, 2.24) is 24.1 Å². The number of hydrogen-bond donors (Lipinski definition) is 2. The Balaban J connectivity index is 1.58. The molecule has 34 heavy (non-hydrogen) atoms. The number of Topliss-reactive ketones (excluding diaryl/α,β-unsaturated/α-hetero) is 1. The molecule has 0 spiro atoms. The van der Waals surface area contributed by atoms with E-state index in [1.807, 2.05) is 35.2 Å². The average Bonchev–Trinajstić information content (AvgIpc) is 3.18. The van der Waals surface area contributed by atoms with Crippen molar-refractivity contribution in [3.05, 3.63) is 69.4 Å². The van der Waals surface area contributed by atoms with E-state index < -0.39 is 0 Å². The number of ketones is 1. The summed E-state index contributed by atoms with van der Waals surface area (Å²) in [5.41, 5.74) is 7.13. The highest BCUT2D eigenvalue weighted by atomic mass is 35.5. The molecule has 1 fully saturated rings. The summed E-state index contributed by atoms with van der Waals surface area (Å²) in [5, 5.41) is 8.30. The molecule has 1 saturated heterocycles. The number of hydrogen-bond acceptors (Lipinski definition) is 8. The lowest BCUT2D eigenvalue weighted by Gasteiger charge is -2.48. The van der Waals surface area contributed by atoms with Crippen molar-refractivity contribution in [2.45, 2.75) is 19.4 Å². The number of para-hydroxylation sites is 1. The van der Waals surface area contributed by atoms with Gasteiger partial charge in [0.05, 0.1) is 16.8 Å². The normalized spacial score (nSPS) is 19.6. The lowest BCUT2D eigenvalue weighted by molar-refractivity contribution is 0.0982. The summed E-state index contributed by atoms with van der Waals surface area (Å²) in [5.74, 6) is 1.60. The Labute approximate surface area is 199 Å². The highest BCUT2D eigenvalue weighted by Crippen LogP contribution is 2.44. The van der Waals surface area contributed by atoms with Crippen molar-refractivity contribution >= 4 is 40.5 Å². The fraction of sp³-hybridized carbons (Fsp3) is 0.261. The minimum absolute atomic E-state index is 0.0388. The van der Waals surface area contributed by atoms with Crippen LogP contribution in [0.2, 0.25) is 5.02 Å². The maximum atomic E-state index is 13.7. The number of fused-ring (bicyclic) bond motifs is 2. The highest BCUT2D eigenvalue weighted by molar-refractivity contribution is 6.33. The second-order valence-electron chi connectivity index (χ2n) is 8.59. The van der Waals surface area contributed by atoms with Crippen molar-refractivity contribution in [3.8, 4) is 5.69 Å². The molecule has 2 aliphatic heterocycles. The average molecular weight is 477 g/mol. The SMILES string of the molecule is C[C@H]1CN(c2nc(N)nc3c2C(=O)CCN3)C1c1nn2ccc(Cl)c2c(=O)n1-c1ccccc1. The predicted molar refractivity (Wildman–Crippen MR) is 129 cm³/mol. The van der Waals surface area contributed by atoms with Gasteiger partial charge in [0, 0.05) is 31.6 Å². The standard InChI is InChI=1S/C23H21ClN8O2/c1-12-11-30(20-16-15(33)7-9-26-19(16)27-23(25)28-20)17(12)21-29-31-10-8-14(24)18(31)22(34)32(21)13-5-3-2-4-6-13/h2-6,8,10,12,17H,7,9,11H2,1H3,(H3,25,26,27,28)/t12-,17?/m0/s1. The second kappa shape index (κ2) is 7.56. The largest absolute Gasteiger partial charge is 0.369 e. The minimum atomic E-state index is -0.327. The summed E-state index contributed by atoms with van der Waals surface area (Å²) >= 11 is 6.32. The van der Waals surface area contributed by atoms with Crippen LogP contribution in [0.5, 0.6) is 0 Å². The van der Waals surface area contributed by atoms with Gasteiger partial charge < -0.3 is 16.0 Å². The van der Waals surface area contributed by atoms with Gasteiger partial charge in [0.25, 0.3) is 5.56 Å². The van der Waals surface area contributed by atoms with E-state index in [0.29, 0.717) is 58.8 Å². The molecule has 6 rings (SSSR count). The zero-order valence-corrected chi connectivity index (χ0v) is 19.0. The number of rotatable bonds is 3. The molecule has 0 saturated carbocycles. The van der Waals surface area contributed by atoms with Gasteiger partial charge in [-0.05, 0) is 18.2 Å². The van der Waals surface area contributed by atoms with Gasteiger partial charge in [0.15, 0.2) is 11.6 Å². The molecule has 0 bridgehead atoms. The van der Waals surface area contributed by atoms with Crippen LogP contribution in [0.3, 0.4) is 0 Å². The number of halogens is 1. The van der Waals surface area contributed by atoms with Crippen molar-refractivity contribution in [1.29, 1.82) is 0 Å². The molecule has 4 aromatic rings. The Morgan fingerprint density at radius 3 is 2.71 bits per heavy atom. The third-order valence-corrected chi connectivity index (χ3v) is 6.71. The van der Waals surface area contributed by atoms with E-state index in [0.717, 1.165) is 0 Å². The van der Waals surface area contributed by atoms with Crippen LogP contribution in [-0.4, -0.2) is 43.0 Å². The Bertz CT molecular complexity index is 1510. The summed E-state index contributed by atoms with van der Waals surface area (Å²) in [6.07, 6.45) is 2.02. The summed E-state index contributed by atoms with van der Waals surface area (Å²) in [4.78, 5) is 37.1. The first-order chi connectivity index (χ1) is 16.4. The highest BCUT2D eigenvalue weighted by Gasteiger charge is 2.44. The van der Waals surface area contributed by atoms with Crippen LogP contribution in [0, 0.1) is 5.92 Å². The number of nitrogens with two attached hydrogens (primary N) is 1. The number of carbonyl (C=O) groups excluding carboxylic acids is 1. The number of benzene rings is 1. The summed E-state index contributed by atoms with van der Waals surface area (Å²) in [6.45, 7) is 3.20. The van der Waals surface area contributed by atoms with E-state index in [-0.39, 0.29) is 29.3 Å². The first-order valence-electron chi connectivity index (χ1n) is 11.0. The predicted octanol–water partition coefficient (Wildman–Crippen LogP) is 2.71. The van der Waals surface area contributed by atoms with Gasteiger partial charge >= 0.3 is 0 Å². The molecule has 172 valence electrons. The quantitative estimate of drug-likeness (QED) is 0.462. The second-order valence-corrected chi connectivity index (χ2v) is 9.00. The molecular formula is C23H21ClN8O2. The van der Waals surface area contributed by atoms with Gasteiger partial charge in [-0.1, -0.05) is 36.7 Å². The van der Waals surface area contributed by atoms with E-state index in [4.69, 9.17) is 22.4 Å². The topological polar surface area (TPSA) is 123 Å². The monoisotopic (exact) mass is 476 g/mol. The Kier molecular flexibility index (Phi) is 4.59. The molecule has 1 unspecified atom stereocenters. The fourth-order valence-corrected chi connectivity index (χ4v) is 5.07. The van der Waals surface area contributed by atoms with E-state index in [9.17, 15) is 9.59 Å². The molecule has 5 heterocycles. The fourth-order valence-electron chi connectivity index (χ4n) is 4.85. The van der Waals surface area contributed by atoms with Crippen LogP contribution < -0.4 is 21.5 Å². The zero-order valence-electron chi connectivity index (χ0n) is 18.3. The molecule has 1 aromatic carbocycles. The maximum absolute atomic E-state index is 13.7. The summed E-state index contributed by atoms with van der Waals surface area (Å²) in [7, 11) is 0. The smallest absolute Gasteiger partial charge is 0.284 e. The minimum Gasteiger partial charge on any atom is -0.369 e. The van der Waals surface area contributed by atoms with Crippen LogP contribution in [0.4, 0.5) is 17.6 Å². The number of anilines is 3. The van der Waals surface area contributed by atoms with Gasteiger partial charge in [-0.3, -0.25) is 14.2 Å². The van der Waals surface area contributed by atoms with Crippen LogP contribution in [0.15, 0.2) is 47.4 Å². The molecular weight excluding hydrogens is 456 g/mol. The molecule has 0 radical (unpaired) electrons. The first-order valence-corrected chi connectivity index (χ1v) is 11.4. The van der Waals surface area contributed by atoms with Gasteiger partial charge in [0.1, 0.15) is 22.7 Å². The number of carbonyl (C=O) groups is 1. The third kappa shape index (κ3) is 2.98. The molecule has 10 nitrogen and oxygen atoms in total. The van der Waals surface area contributed by atoms with E-state index in [2.05, 4.69) is 22.2 Å². The van der Waals surface area contributed by atoms with E-state index in [1.54, 1.807) is 16.8 Å². The molecule has 3 aromatic heterocycles. The van der Waals surface area contributed by atoms with Gasteiger partial charge in [-0.2, -0.15) is 15.1 Å². The lowest BCUT2D eigenvalue weighted by Crippen LogP contribution is -2.52. The first kappa shape index (κ1) is 20.7. The van der Waals surface area contributed by atoms with Gasteiger partial charge in [-0.15, -0.1) is 0 Å². The number of nitrogen functional groups attached to an aromatic ring is 1. The molecule has 11 heteroatoms. The van der Waals surface area contributed by atoms with Crippen LogP contribution >= 0.6 is 11.6 Å². The maximum Gasteiger partial charge on any atom is 0.284 e. The van der Waals surface area contributed by atoms with Gasteiger partial charge in [-0.25, -0.2) is 4.52 Å². The van der Waals surface area contributed by atoms with Crippen LogP contribution in [0.1, 0.15) is 35.6 Å². The van der Waals surface area contributed by atoms with E-state index >= 15 is 0 Å². The zero-order chi connectivity index (χ0) is 23.6. The third-order valence-electron chi connectivity index (χ3n) is 6.40. The van der Waals surface area contributed by atoms with Gasteiger partial charge in [0.2, 0.25) is 5.95 Å². The lowest BCUT2D eigenvalue weighted by atomic mass is 9.88. The Morgan fingerprint density at radius 2 is 1.94 bits per heavy atom. The number of nitrogens with zero attached hydrogens (tertiary/aromatic N) is 6. The van der Waals surface area contributed by atoms with Crippen molar-refractivity contribution in [3.63, 3.8) is 0 Å². The van der Waals surface area contributed by atoms with Crippen molar-refractivity contribution < 1.29 is 4.79 Å². The van der Waals surface area contributed by atoms with Crippen molar-refractivity contribution in [2.75, 3.05) is 29.0 Å². The summed E-state index contributed by atoms with van der Waals surface area (Å²) in [6, 6.07) is 10.6. The van der Waals surface area contributed by atoms with Crippen molar-refractivity contribution in [2.24, 2.45) is 5.92 Å². The molecule has 0 amide bonds. The molecule has 0 aliphatic carbocycles. The number of aromatic nitrogens is 5. The van der Waals surface area contributed by atoms with E-state index in [1.165, 1.54) is 4.52 Å². The molecule has 2 atom stereocenters. The molecule has 3 N–H and O–H groups in total. The summed E-state index contributed by atoms with van der Waals surface area (Å²) < 4.78 is 3.10. The Hall–Kier alpha value is -3.92. The number of nitrogens with one attached hydrogen (secondary N) is 1. The Morgan fingerprint density at radius 1 is 1.15 bits per heavy atom. The van der Waals surface area contributed by atoms with Crippen LogP contribution in [0.25, 0.3) is 11.2 Å².